The molecule has 1 unspecified atom stereocenters. The molecule has 1 aromatic carbocycles. The molecule has 2 rings (SSSR count). The van der Waals surface area contributed by atoms with Crippen molar-refractivity contribution in [1.82, 2.24) is 5.32 Å². The zero-order valence-corrected chi connectivity index (χ0v) is 13.8. The molecule has 114 valence electrons. The van der Waals surface area contributed by atoms with Gasteiger partial charge in [0, 0.05) is 10.5 Å². The van der Waals surface area contributed by atoms with Crippen LogP contribution in [-0.2, 0) is 12.6 Å². The zero-order chi connectivity index (χ0) is 15.5. The van der Waals surface area contributed by atoms with Gasteiger partial charge in [-0.25, -0.2) is 0 Å². The largest absolute Gasteiger partial charge is 0.416 e. The topological polar surface area (TPSA) is 12.0 Å². The second kappa shape index (κ2) is 6.94. The highest BCUT2D eigenvalue weighted by Crippen LogP contribution is 2.37. The van der Waals surface area contributed by atoms with Crippen LogP contribution in [0.2, 0.25) is 0 Å². The lowest BCUT2D eigenvalue weighted by Gasteiger charge is -2.22. The molecule has 0 spiro atoms. The summed E-state index contributed by atoms with van der Waals surface area (Å²) in [6, 6.07) is 5.94. The van der Waals surface area contributed by atoms with Gasteiger partial charge >= 0.3 is 6.18 Å². The Hall–Kier alpha value is -0.850. The zero-order valence-electron chi connectivity index (χ0n) is 11.4. The molecule has 2 aromatic rings. The lowest BCUT2D eigenvalue weighted by Crippen LogP contribution is -2.25. The Balaban J connectivity index is 2.40. The minimum atomic E-state index is -4.36. The number of likely N-dealkylation sites (N-methyl/N-ethyl adjacent to an activating group) is 1. The molecule has 1 atom stereocenters. The molecular formula is C15H15BrF3NS. The SMILES string of the molecule is CCNC(Cc1ccsc1)c1ccc(Br)cc1C(F)(F)F. The third kappa shape index (κ3) is 4.31. The van der Waals surface area contributed by atoms with E-state index in [1.807, 2.05) is 23.8 Å². The molecule has 1 aromatic heterocycles. The number of rotatable bonds is 5. The van der Waals surface area contributed by atoms with Crippen molar-refractivity contribution < 1.29 is 13.2 Å². The van der Waals surface area contributed by atoms with E-state index in [2.05, 4.69) is 21.2 Å². The molecule has 1 N–H and O–H groups in total. The van der Waals surface area contributed by atoms with Gasteiger partial charge in [-0.05, 0) is 53.1 Å². The van der Waals surface area contributed by atoms with Crippen molar-refractivity contribution in [3.05, 3.63) is 56.2 Å². The van der Waals surface area contributed by atoms with Gasteiger partial charge in [0.15, 0.2) is 0 Å². The van der Waals surface area contributed by atoms with Crippen molar-refractivity contribution >= 4 is 27.3 Å². The average Bonchev–Trinajstić information content (AvgIpc) is 2.90. The van der Waals surface area contributed by atoms with Crippen LogP contribution in [0.5, 0.6) is 0 Å². The Bertz CT molecular complexity index is 581. The molecular weight excluding hydrogens is 363 g/mol. The summed E-state index contributed by atoms with van der Waals surface area (Å²) in [4.78, 5) is 0. The molecule has 1 nitrogen and oxygen atoms in total. The summed E-state index contributed by atoms with van der Waals surface area (Å²) < 4.78 is 40.2. The van der Waals surface area contributed by atoms with E-state index < -0.39 is 11.7 Å². The molecule has 0 saturated heterocycles. The van der Waals surface area contributed by atoms with Crippen LogP contribution in [0.15, 0.2) is 39.5 Å². The lowest BCUT2D eigenvalue weighted by molar-refractivity contribution is -0.138. The first kappa shape index (κ1) is 16.5. The Morgan fingerprint density at radius 3 is 2.62 bits per heavy atom. The van der Waals surface area contributed by atoms with E-state index in [0.717, 1.165) is 11.6 Å². The van der Waals surface area contributed by atoms with E-state index in [4.69, 9.17) is 0 Å². The standard InChI is InChI=1S/C15H15BrF3NS/c1-2-20-14(7-10-5-6-21-9-10)12-4-3-11(16)8-13(12)15(17,18)19/h3-6,8-9,14,20H,2,7H2,1H3. The number of hydrogen-bond donors (Lipinski definition) is 1. The summed E-state index contributed by atoms with van der Waals surface area (Å²) >= 11 is 4.67. The fraction of sp³-hybridized carbons (Fsp3) is 0.333. The number of alkyl halides is 3. The van der Waals surface area contributed by atoms with Gasteiger partial charge in [-0.2, -0.15) is 24.5 Å². The number of nitrogens with one attached hydrogen (secondary N) is 1. The number of hydrogen-bond acceptors (Lipinski definition) is 2. The van der Waals surface area contributed by atoms with Gasteiger partial charge in [0.05, 0.1) is 5.56 Å². The molecule has 1 heterocycles. The number of benzene rings is 1. The summed E-state index contributed by atoms with van der Waals surface area (Å²) in [5.41, 5.74) is 0.749. The first-order chi connectivity index (χ1) is 9.91. The van der Waals surface area contributed by atoms with Crippen LogP contribution in [0.3, 0.4) is 0 Å². The molecule has 0 amide bonds. The van der Waals surface area contributed by atoms with Crippen molar-refractivity contribution in [1.29, 1.82) is 0 Å². The molecule has 0 radical (unpaired) electrons. The van der Waals surface area contributed by atoms with Gasteiger partial charge in [-0.3, -0.25) is 0 Å². The summed E-state index contributed by atoms with van der Waals surface area (Å²) in [6.07, 6.45) is -3.82. The van der Waals surface area contributed by atoms with E-state index in [1.54, 1.807) is 23.5 Å². The van der Waals surface area contributed by atoms with Gasteiger partial charge < -0.3 is 5.32 Å². The molecule has 0 aliphatic heterocycles. The molecule has 0 aliphatic carbocycles. The lowest BCUT2D eigenvalue weighted by atomic mass is 9.95. The fourth-order valence-corrected chi connectivity index (χ4v) is 3.30. The third-order valence-corrected chi connectivity index (χ3v) is 4.39. The van der Waals surface area contributed by atoms with Crippen LogP contribution in [-0.4, -0.2) is 6.54 Å². The van der Waals surface area contributed by atoms with Crippen molar-refractivity contribution in [2.75, 3.05) is 6.54 Å². The maximum atomic E-state index is 13.3. The maximum Gasteiger partial charge on any atom is 0.416 e. The predicted octanol–water partition coefficient (Wildman–Crippen LogP) is 5.42. The highest BCUT2D eigenvalue weighted by Gasteiger charge is 2.35. The van der Waals surface area contributed by atoms with Crippen LogP contribution < -0.4 is 5.32 Å². The van der Waals surface area contributed by atoms with Gasteiger partial charge in [-0.1, -0.05) is 28.9 Å². The Morgan fingerprint density at radius 2 is 2.05 bits per heavy atom. The van der Waals surface area contributed by atoms with Crippen molar-refractivity contribution in [3.8, 4) is 0 Å². The van der Waals surface area contributed by atoms with Crippen LogP contribution in [0.25, 0.3) is 0 Å². The maximum absolute atomic E-state index is 13.3. The molecule has 21 heavy (non-hydrogen) atoms. The summed E-state index contributed by atoms with van der Waals surface area (Å²) in [7, 11) is 0. The summed E-state index contributed by atoms with van der Waals surface area (Å²) in [6.45, 7) is 2.51. The second-order valence-electron chi connectivity index (χ2n) is 4.68. The molecule has 0 bridgehead atoms. The monoisotopic (exact) mass is 377 g/mol. The van der Waals surface area contributed by atoms with Crippen molar-refractivity contribution in [3.63, 3.8) is 0 Å². The van der Waals surface area contributed by atoms with E-state index in [1.165, 1.54) is 0 Å². The van der Waals surface area contributed by atoms with Crippen molar-refractivity contribution in [2.24, 2.45) is 0 Å². The Labute approximate surface area is 134 Å². The third-order valence-electron chi connectivity index (χ3n) is 3.17. The smallest absolute Gasteiger partial charge is 0.310 e. The number of halogens is 4. The van der Waals surface area contributed by atoms with Crippen LogP contribution in [0.4, 0.5) is 13.2 Å². The normalized spacial score (nSPS) is 13.4. The average molecular weight is 378 g/mol. The van der Waals surface area contributed by atoms with Gasteiger partial charge in [-0.15, -0.1) is 0 Å². The van der Waals surface area contributed by atoms with E-state index >= 15 is 0 Å². The fourth-order valence-electron chi connectivity index (χ4n) is 2.26. The highest BCUT2D eigenvalue weighted by molar-refractivity contribution is 9.10. The quantitative estimate of drug-likeness (QED) is 0.732. The van der Waals surface area contributed by atoms with E-state index in [-0.39, 0.29) is 6.04 Å². The van der Waals surface area contributed by atoms with Gasteiger partial charge in [0.1, 0.15) is 0 Å². The van der Waals surface area contributed by atoms with Crippen LogP contribution >= 0.6 is 27.3 Å². The molecule has 0 fully saturated rings. The van der Waals surface area contributed by atoms with Gasteiger partial charge in [0.25, 0.3) is 0 Å². The second-order valence-corrected chi connectivity index (χ2v) is 6.37. The summed E-state index contributed by atoms with van der Waals surface area (Å²) in [5.74, 6) is 0. The Morgan fingerprint density at radius 1 is 1.29 bits per heavy atom. The summed E-state index contributed by atoms with van der Waals surface area (Å²) in [5, 5.41) is 7.06. The minimum Gasteiger partial charge on any atom is -0.310 e. The van der Waals surface area contributed by atoms with Gasteiger partial charge in [0.2, 0.25) is 0 Å². The molecule has 0 aliphatic rings. The van der Waals surface area contributed by atoms with Crippen LogP contribution in [0.1, 0.15) is 29.7 Å². The molecule has 6 heteroatoms. The first-order valence-electron chi connectivity index (χ1n) is 6.53. The number of thiophene rings is 1. The Kier molecular flexibility index (Phi) is 5.46. The minimum absolute atomic E-state index is 0.291. The van der Waals surface area contributed by atoms with E-state index in [9.17, 15) is 13.2 Å². The van der Waals surface area contributed by atoms with Crippen LogP contribution in [0, 0.1) is 0 Å². The predicted molar refractivity (Wildman–Crippen MR) is 83.6 cm³/mol. The first-order valence-corrected chi connectivity index (χ1v) is 8.26. The molecule has 0 saturated carbocycles. The van der Waals surface area contributed by atoms with Crippen molar-refractivity contribution in [2.45, 2.75) is 25.6 Å². The van der Waals surface area contributed by atoms with E-state index in [0.29, 0.717) is 23.0 Å². The highest BCUT2D eigenvalue weighted by atomic mass is 79.9.